The fourth-order valence-corrected chi connectivity index (χ4v) is 2.39. The van der Waals surface area contributed by atoms with E-state index >= 15 is 0 Å². The third kappa shape index (κ3) is 15.4. The van der Waals surface area contributed by atoms with Crippen molar-refractivity contribution in [2.24, 2.45) is 0 Å². The molecule has 0 aromatic heterocycles. The zero-order valence-electron chi connectivity index (χ0n) is 17.9. The number of hydrogen-bond donors (Lipinski definition) is 1. The summed E-state index contributed by atoms with van der Waals surface area (Å²) in [5.41, 5.74) is 0.454. The van der Waals surface area contributed by atoms with Crippen LogP contribution < -0.4 is 0 Å². The van der Waals surface area contributed by atoms with Crippen LogP contribution in [0.3, 0.4) is 0 Å². The van der Waals surface area contributed by atoms with Gasteiger partial charge in [0.05, 0.1) is 0 Å². The molecule has 0 aromatic rings. The van der Waals surface area contributed by atoms with Gasteiger partial charge in [-0.05, 0) is 26.7 Å². The fraction of sp³-hybridized carbons (Fsp3) is 0.682. The maximum atomic E-state index is 12.1. The first-order valence-electron chi connectivity index (χ1n) is 10.2. The highest BCUT2D eigenvalue weighted by molar-refractivity contribution is 5.87. The lowest BCUT2D eigenvalue weighted by molar-refractivity contribution is -0.164. The van der Waals surface area contributed by atoms with Crippen LogP contribution in [0.1, 0.15) is 71.6 Å². The van der Waals surface area contributed by atoms with Crippen molar-refractivity contribution in [3.63, 3.8) is 0 Å². The first kappa shape index (κ1) is 26.9. The lowest BCUT2D eigenvalue weighted by Crippen LogP contribution is -2.31. The molecular weight excluding hydrogens is 376 g/mol. The van der Waals surface area contributed by atoms with E-state index in [2.05, 4.69) is 13.2 Å². The average Bonchev–Trinajstić information content (AvgIpc) is 2.67. The van der Waals surface area contributed by atoms with E-state index in [0.29, 0.717) is 6.42 Å². The normalized spacial score (nSPS) is 10.5. The number of esters is 3. The van der Waals surface area contributed by atoms with Gasteiger partial charge in [-0.3, -0.25) is 4.79 Å². The Morgan fingerprint density at radius 2 is 1.17 bits per heavy atom. The predicted molar refractivity (Wildman–Crippen MR) is 110 cm³/mol. The monoisotopic (exact) mass is 412 g/mol. The molecule has 0 spiro atoms. The molecule has 7 nitrogen and oxygen atoms in total. The largest absolute Gasteiger partial charge is 0.458 e. The van der Waals surface area contributed by atoms with Gasteiger partial charge in [0.1, 0.15) is 13.2 Å². The number of ether oxygens (including phenoxy) is 3. The van der Waals surface area contributed by atoms with Crippen LogP contribution in [0.5, 0.6) is 0 Å². The summed E-state index contributed by atoms with van der Waals surface area (Å²) in [7, 11) is 0. The van der Waals surface area contributed by atoms with Gasteiger partial charge in [0, 0.05) is 24.2 Å². The van der Waals surface area contributed by atoms with Crippen molar-refractivity contribution in [2.75, 3.05) is 19.8 Å². The Labute approximate surface area is 174 Å². The summed E-state index contributed by atoms with van der Waals surface area (Å²) in [5.74, 6) is -1.62. The van der Waals surface area contributed by atoms with Crippen LogP contribution in [0.2, 0.25) is 0 Å². The average molecular weight is 413 g/mol. The molecule has 0 aromatic carbocycles. The molecule has 0 aliphatic heterocycles. The quantitative estimate of drug-likeness (QED) is 0.168. The van der Waals surface area contributed by atoms with Crippen molar-refractivity contribution in [3.05, 3.63) is 24.3 Å². The summed E-state index contributed by atoms with van der Waals surface area (Å²) in [5, 5.41) is 8.72. The number of carbonyl (C=O) groups is 3. The first-order valence-corrected chi connectivity index (χ1v) is 10.2. The number of carbonyl (C=O) groups excluding carboxylic acids is 3. The first-order chi connectivity index (χ1) is 13.8. The van der Waals surface area contributed by atoms with E-state index in [4.69, 9.17) is 19.3 Å². The number of hydrogen-bond acceptors (Lipinski definition) is 7. The van der Waals surface area contributed by atoms with Gasteiger partial charge in [0.25, 0.3) is 0 Å². The Morgan fingerprint density at radius 3 is 1.59 bits per heavy atom. The van der Waals surface area contributed by atoms with E-state index < -0.39 is 24.0 Å². The van der Waals surface area contributed by atoms with Crippen LogP contribution in [-0.4, -0.2) is 48.9 Å². The Balaban J connectivity index is 4.19. The van der Waals surface area contributed by atoms with Crippen LogP contribution in [0.25, 0.3) is 0 Å². The van der Waals surface area contributed by atoms with Crippen LogP contribution in [0, 0.1) is 0 Å². The van der Waals surface area contributed by atoms with Gasteiger partial charge in [-0.1, -0.05) is 51.7 Å². The predicted octanol–water partition coefficient (Wildman–Crippen LogP) is 3.64. The minimum Gasteiger partial charge on any atom is -0.458 e. The molecule has 166 valence electrons. The molecule has 0 saturated heterocycles. The summed E-state index contributed by atoms with van der Waals surface area (Å²) in [4.78, 5) is 35.1. The summed E-state index contributed by atoms with van der Waals surface area (Å²) in [6.45, 7) is 9.82. The highest BCUT2D eigenvalue weighted by atomic mass is 16.6. The third-order valence-corrected chi connectivity index (χ3v) is 4.08. The van der Waals surface area contributed by atoms with Crippen LogP contribution >= 0.6 is 0 Å². The second-order valence-corrected chi connectivity index (χ2v) is 7.17. The van der Waals surface area contributed by atoms with Gasteiger partial charge in [-0.15, -0.1) is 0 Å². The maximum absolute atomic E-state index is 12.1. The standard InChI is InChI=1S/C22H36O7/c1-17(2)21(25)27-15-19(16-28-22(26)18(3)4)29-20(24)13-11-9-7-5-6-8-10-12-14-23/h19,23H,1,3,5-16H2,2,4H3. The van der Waals surface area contributed by atoms with E-state index in [1.54, 1.807) is 0 Å². The smallest absolute Gasteiger partial charge is 0.333 e. The lowest BCUT2D eigenvalue weighted by atomic mass is 10.1. The molecule has 0 bridgehead atoms. The summed E-state index contributed by atoms with van der Waals surface area (Å²) in [6.07, 6.45) is 7.33. The Morgan fingerprint density at radius 1 is 0.759 bits per heavy atom. The lowest BCUT2D eigenvalue weighted by Gasteiger charge is -2.18. The number of rotatable bonds is 17. The number of aliphatic hydroxyl groups is 1. The highest BCUT2D eigenvalue weighted by Crippen LogP contribution is 2.11. The molecule has 0 rings (SSSR count). The molecule has 0 fully saturated rings. The molecule has 0 unspecified atom stereocenters. The van der Waals surface area contributed by atoms with Gasteiger partial charge in [0.2, 0.25) is 0 Å². The number of aliphatic hydroxyl groups excluding tert-OH is 1. The van der Waals surface area contributed by atoms with Gasteiger partial charge in [0.15, 0.2) is 6.10 Å². The molecule has 0 atom stereocenters. The molecule has 0 radical (unpaired) electrons. The third-order valence-electron chi connectivity index (χ3n) is 4.08. The molecule has 29 heavy (non-hydrogen) atoms. The van der Waals surface area contributed by atoms with Gasteiger partial charge < -0.3 is 19.3 Å². The van der Waals surface area contributed by atoms with Crippen LogP contribution in [-0.2, 0) is 28.6 Å². The summed E-state index contributed by atoms with van der Waals surface area (Å²) >= 11 is 0. The Bertz CT molecular complexity index is 509. The topological polar surface area (TPSA) is 99.1 Å². The Hall–Kier alpha value is -2.15. The molecule has 0 heterocycles. The fourth-order valence-electron chi connectivity index (χ4n) is 2.39. The molecular formula is C22H36O7. The minimum atomic E-state index is -0.874. The second kappa shape index (κ2) is 16.8. The van der Waals surface area contributed by atoms with E-state index in [1.807, 2.05) is 0 Å². The van der Waals surface area contributed by atoms with Gasteiger partial charge >= 0.3 is 17.9 Å². The van der Waals surface area contributed by atoms with Crippen molar-refractivity contribution in [1.29, 1.82) is 0 Å². The van der Waals surface area contributed by atoms with E-state index in [0.717, 1.165) is 44.9 Å². The summed E-state index contributed by atoms with van der Waals surface area (Å²) in [6, 6.07) is 0. The van der Waals surface area contributed by atoms with Crippen molar-refractivity contribution >= 4 is 17.9 Å². The molecule has 7 heteroatoms. The summed E-state index contributed by atoms with van der Waals surface area (Å²) < 4.78 is 15.3. The van der Waals surface area contributed by atoms with Crippen molar-refractivity contribution in [1.82, 2.24) is 0 Å². The number of unbranched alkanes of at least 4 members (excludes halogenated alkanes) is 7. The van der Waals surface area contributed by atoms with E-state index in [-0.39, 0.29) is 37.4 Å². The van der Waals surface area contributed by atoms with Gasteiger partial charge in [-0.25, -0.2) is 9.59 Å². The zero-order valence-corrected chi connectivity index (χ0v) is 17.9. The molecule has 1 N–H and O–H groups in total. The van der Waals surface area contributed by atoms with E-state index in [9.17, 15) is 14.4 Å². The maximum Gasteiger partial charge on any atom is 0.333 e. The second-order valence-electron chi connectivity index (χ2n) is 7.17. The van der Waals surface area contributed by atoms with Crippen molar-refractivity contribution in [3.8, 4) is 0 Å². The van der Waals surface area contributed by atoms with Crippen LogP contribution in [0.15, 0.2) is 24.3 Å². The SMILES string of the molecule is C=C(C)C(=O)OCC(COC(=O)C(=C)C)OC(=O)CCCCCCCCCCO. The zero-order chi connectivity index (χ0) is 22.1. The minimum absolute atomic E-state index is 0.214. The molecule has 0 aliphatic carbocycles. The van der Waals surface area contributed by atoms with Gasteiger partial charge in [-0.2, -0.15) is 0 Å². The van der Waals surface area contributed by atoms with Crippen molar-refractivity contribution < 1.29 is 33.7 Å². The van der Waals surface area contributed by atoms with Crippen LogP contribution in [0.4, 0.5) is 0 Å². The molecule has 0 amide bonds. The molecule has 0 saturated carbocycles. The highest BCUT2D eigenvalue weighted by Gasteiger charge is 2.19. The molecule has 0 aliphatic rings. The Kier molecular flexibility index (Phi) is 15.5. The van der Waals surface area contributed by atoms with E-state index in [1.165, 1.54) is 13.8 Å². The van der Waals surface area contributed by atoms with Crippen molar-refractivity contribution in [2.45, 2.75) is 77.7 Å².